The smallest absolute Gasteiger partial charge is 0.241 e. The Morgan fingerprint density at radius 1 is 1.41 bits per heavy atom. The number of aromatic nitrogens is 1. The van der Waals surface area contributed by atoms with Crippen molar-refractivity contribution in [2.45, 2.75) is 51.7 Å². The molecule has 2 heterocycles. The molecule has 1 aromatic carbocycles. The zero-order valence-electron chi connectivity index (χ0n) is 16.1. The summed E-state index contributed by atoms with van der Waals surface area (Å²) in [6, 6.07) is 5.87. The Kier molecular flexibility index (Phi) is 5.27. The molecule has 0 bridgehead atoms. The molecule has 1 aliphatic carbocycles. The van der Waals surface area contributed by atoms with Gasteiger partial charge in [-0.25, -0.2) is 4.98 Å². The van der Waals surface area contributed by atoms with Gasteiger partial charge in [0.2, 0.25) is 5.91 Å². The van der Waals surface area contributed by atoms with E-state index in [1.54, 1.807) is 0 Å². The van der Waals surface area contributed by atoms with Gasteiger partial charge in [0.1, 0.15) is 11.1 Å². The Labute approximate surface area is 165 Å². The number of carbonyl (C=O) groups excluding carboxylic acids is 1. The first kappa shape index (κ1) is 20.1. The first-order chi connectivity index (χ1) is 12.4. The van der Waals surface area contributed by atoms with Gasteiger partial charge in [0, 0.05) is 30.9 Å². The van der Waals surface area contributed by atoms with E-state index in [0.29, 0.717) is 18.9 Å². The van der Waals surface area contributed by atoms with Crippen LogP contribution in [0.1, 0.15) is 38.1 Å². The largest absolute Gasteiger partial charge is 0.441 e. The van der Waals surface area contributed by atoms with Crippen molar-refractivity contribution in [1.82, 2.24) is 10.3 Å². The number of amides is 1. The topological polar surface area (TPSA) is 90.4 Å². The minimum atomic E-state index is -0.879. The number of hydrogen-bond acceptors (Lipinski definition) is 5. The lowest BCUT2D eigenvalue weighted by molar-refractivity contribution is -0.225. The minimum Gasteiger partial charge on any atom is -0.441 e. The molecule has 2 aromatic rings. The zero-order valence-corrected chi connectivity index (χ0v) is 16.9. The number of rotatable bonds is 4. The van der Waals surface area contributed by atoms with Crippen LogP contribution in [-0.4, -0.2) is 35.7 Å². The number of aryl methyl sites for hydroxylation is 1. The molecule has 1 saturated carbocycles. The number of carbonyl (C=O) groups is 1. The maximum Gasteiger partial charge on any atom is 0.241 e. The van der Waals surface area contributed by atoms with E-state index >= 15 is 0 Å². The third-order valence-corrected chi connectivity index (χ3v) is 6.35. The van der Waals surface area contributed by atoms with Crippen LogP contribution < -0.4 is 11.1 Å². The van der Waals surface area contributed by atoms with Crippen molar-refractivity contribution in [3.8, 4) is 0 Å². The van der Waals surface area contributed by atoms with E-state index in [4.69, 9.17) is 14.9 Å². The molecule has 27 heavy (non-hydrogen) atoms. The molecule has 1 saturated heterocycles. The summed E-state index contributed by atoms with van der Waals surface area (Å²) in [5.74, 6) is 0.632. The van der Waals surface area contributed by atoms with Crippen LogP contribution in [0, 0.1) is 18.3 Å². The van der Waals surface area contributed by atoms with E-state index in [9.17, 15) is 4.79 Å². The number of para-hydroxylation sites is 1. The van der Waals surface area contributed by atoms with E-state index in [1.165, 1.54) is 0 Å². The number of nitrogens with two attached hydrogens (primary N) is 1. The van der Waals surface area contributed by atoms with Crippen LogP contribution >= 0.6 is 12.4 Å². The lowest BCUT2D eigenvalue weighted by atomic mass is 9.46. The van der Waals surface area contributed by atoms with E-state index in [2.05, 4.69) is 10.3 Å². The summed E-state index contributed by atoms with van der Waals surface area (Å²) in [5.41, 5.74) is 8.11. The van der Waals surface area contributed by atoms with Gasteiger partial charge in [-0.2, -0.15) is 0 Å². The molecule has 6 nitrogen and oxygen atoms in total. The summed E-state index contributed by atoms with van der Waals surface area (Å²) in [6.45, 7) is 7.29. The summed E-state index contributed by atoms with van der Waals surface area (Å²) < 4.78 is 11.6. The van der Waals surface area contributed by atoms with E-state index in [0.717, 1.165) is 36.1 Å². The Balaban J connectivity index is 0.00000210. The van der Waals surface area contributed by atoms with Gasteiger partial charge in [-0.15, -0.1) is 12.4 Å². The van der Waals surface area contributed by atoms with Gasteiger partial charge in [-0.3, -0.25) is 4.79 Å². The van der Waals surface area contributed by atoms with Gasteiger partial charge < -0.3 is 20.2 Å². The normalized spacial score (nSPS) is 28.7. The highest BCUT2D eigenvalue weighted by molar-refractivity contribution is 5.89. The zero-order chi connectivity index (χ0) is 18.5. The second-order valence-electron chi connectivity index (χ2n) is 8.17. The SMILES string of the molecule is Cc1cccc2oc(CCNC(=O)C3(N)C4CCCOC4C3(C)C)nc12.Cl. The first-order valence-corrected chi connectivity index (χ1v) is 9.39. The van der Waals surface area contributed by atoms with Gasteiger partial charge in [0.05, 0.1) is 6.10 Å². The number of oxazole rings is 1. The number of nitrogens with zero attached hydrogens (tertiary/aromatic N) is 1. The van der Waals surface area contributed by atoms with Crippen molar-refractivity contribution in [3.05, 3.63) is 29.7 Å². The molecule has 1 amide bonds. The van der Waals surface area contributed by atoms with E-state index in [-0.39, 0.29) is 35.8 Å². The summed E-state index contributed by atoms with van der Waals surface area (Å²) in [4.78, 5) is 17.4. The van der Waals surface area contributed by atoms with Gasteiger partial charge in [0.25, 0.3) is 0 Å². The van der Waals surface area contributed by atoms with Crippen molar-refractivity contribution in [2.75, 3.05) is 13.2 Å². The molecule has 2 fully saturated rings. The number of ether oxygens (including phenoxy) is 1. The summed E-state index contributed by atoms with van der Waals surface area (Å²) >= 11 is 0. The van der Waals surface area contributed by atoms with Crippen LogP contribution in [-0.2, 0) is 16.0 Å². The average Bonchev–Trinajstić information content (AvgIpc) is 3.05. The van der Waals surface area contributed by atoms with E-state index in [1.807, 2.05) is 39.0 Å². The number of hydrogen-bond donors (Lipinski definition) is 2. The molecule has 2 aliphatic rings. The molecule has 3 N–H and O–H groups in total. The van der Waals surface area contributed by atoms with Crippen LogP contribution in [0.2, 0.25) is 0 Å². The highest BCUT2D eigenvalue weighted by Crippen LogP contribution is 2.57. The minimum absolute atomic E-state index is 0. The van der Waals surface area contributed by atoms with Crippen LogP contribution in [0.25, 0.3) is 11.1 Å². The molecule has 148 valence electrons. The lowest BCUT2D eigenvalue weighted by Crippen LogP contribution is -2.82. The molecular formula is C20H28ClN3O3. The first-order valence-electron chi connectivity index (χ1n) is 9.39. The summed E-state index contributed by atoms with van der Waals surface area (Å²) in [6.07, 6.45) is 2.53. The predicted octanol–water partition coefficient (Wildman–Crippen LogP) is 2.75. The number of nitrogens with one attached hydrogen (secondary N) is 1. The van der Waals surface area contributed by atoms with Crippen LogP contribution in [0.4, 0.5) is 0 Å². The molecule has 3 atom stereocenters. The highest BCUT2D eigenvalue weighted by Gasteiger charge is 2.70. The van der Waals surface area contributed by atoms with Crippen LogP contribution in [0.5, 0.6) is 0 Å². The molecule has 1 aromatic heterocycles. The summed E-state index contributed by atoms with van der Waals surface area (Å²) in [7, 11) is 0. The Bertz CT molecular complexity index is 850. The van der Waals surface area contributed by atoms with Crippen LogP contribution in [0.15, 0.2) is 22.6 Å². The molecular weight excluding hydrogens is 366 g/mol. The van der Waals surface area contributed by atoms with E-state index < -0.39 is 5.54 Å². The third kappa shape index (κ3) is 2.94. The fourth-order valence-corrected chi connectivity index (χ4v) is 4.71. The quantitative estimate of drug-likeness (QED) is 0.833. The van der Waals surface area contributed by atoms with Gasteiger partial charge in [-0.1, -0.05) is 26.0 Å². The highest BCUT2D eigenvalue weighted by atomic mass is 35.5. The van der Waals surface area contributed by atoms with Crippen molar-refractivity contribution >= 4 is 29.4 Å². The lowest BCUT2D eigenvalue weighted by Gasteiger charge is -2.65. The monoisotopic (exact) mass is 393 g/mol. The molecule has 4 rings (SSSR count). The third-order valence-electron chi connectivity index (χ3n) is 6.35. The molecule has 0 radical (unpaired) electrons. The second-order valence-corrected chi connectivity index (χ2v) is 8.17. The predicted molar refractivity (Wildman–Crippen MR) is 106 cm³/mol. The molecule has 0 spiro atoms. The van der Waals surface area contributed by atoms with Gasteiger partial charge in [0.15, 0.2) is 11.5 Å². The summed E-state index contributed by atoms with van der Waals surface area (Å²) in [5, 5.41) is 3.00. The molecule has 3 unspecified atom stereocenters. The molecule has 1 aliphatic heterocycles. The van der Waals surface area contributed by atoms with Crippen molar-refractivity contribution in [1.29, 1.82) is 0 Å². The van der Waals surface area contributed by atoms with Crippen molar-refractivity contribution in [2.24, 2.45) is 17.1 Å². The second kappa shape index (κ2) is 7.08. The fourth-order valence-electron chi connectivity index (χ4n) is 4.71. The number of halogens is 1. The molecule has 7 heteroatoms. The Morgan fingerprint density at radius 2 is 2.19 bits per heavy atom. The van der Waals surface area contributed by atoms with Crippen molar-refractivity contribution in [3.63, 3.8) is 0 Å². The maximum atomic E-state index is 12.9. The van der Waals surface area contributed by atoms with Crippen LogP contribution in [0.3, 0.4) is 0 Å². The number of benzene rings is 1. The Morgan fingerprint density at radius 3 is 2.93 bits per heavy atom. The van der Waals surface area contributed by atoms with Gasteiger partial charge >= 0.3 is 0 Å². The average molecular weight is 394 g/mol. The van der Waals surface area contributed by atoms with Crippen molar-refractivity contribution < 1.29 is 13.9 Å². The fraction of sp³-hybridized carbons (Fsp3) is 0.600. The number of fused-ring (bicyclic) bond motifs is 2. The van der Waals surface area contributed by atoms with Gasteiger partial charge in [-0.05, 0) is 31.4 Å². The Hall–Kier alpha value is -1.63. The maximum absolute atomic E-state index is 12.9. The standard InChI is InChI=1S/C20H27N3O3.ClH/c1-12-6-4-8-14-16(12)23-15(26-14)9-10-22-18(24)20(21)13-7-5-11-25-17(13)19(20,2)3;/h4,6,8,13,17H,5,7,9-11,21H2,1-3H3,(H,22,24);1H.